The van der Waals surface area contributed by atoms with E-state index < -0.39 is 0 Å². The molecule has 3 nitrogen and oxygen atoms in total. The summed E-state index contributed by atoms with van der Waals surface area (Å²) in [5.74, 6) is 0. The molecule has 0 aromatic carbocycles. The van der Waals surface area contributed by atoms with E-state index in [1.165, 1.54) is 0 Å². The summed E-state index contributed by atoms with van der Waals surface area (Å²) in [4.78, 5) is 9.95. The lowest BCUT2D eigenvalue weighted by molar-refractivity contribution is -0.752. The Hall–Kier alpha value is -1.38. The Balaban J connectivity index is 2.68. The first-order chi connectivity index (χ1) is 5.34. The van der Waals surface area contributed by atoms with Gasteiger partial charge in [-0.25, -0.2) is 0 Å². The maximum absolute atomic E-state index is 9.95. The number of carbonyl (C=O) groups excluding carboxylic acids is 1. The summed E-state index contributed by atoms with van der Waals surface area (Å²) in [5, 5.41) is 0. The molecule has 0 bridgehead atoms. The standard InChI is InChI=1S/C8H10NO2/c1-8(11-7-10)9-5-3-2-4-6-9/h2-8H,1H3/q+1. The van der Waals surface area contributed by atoms with Crippen LogP contribution in [0.1, 0.15) is 13.2 Å². The number of pyridine rings is 1. The molecule has 0 aliphatic carbocycles. The van der Waals surface area contributed by atoms with Crippen molar-refractivity contribution in [2.24, 2.45) is 0 Å². The summed E-state index contributed by atoms with van der Waals surface area (Å²) in [6.45, 7) is 2.25. The Labute approximate surface area is 65.2 Å². The zero-order valence-electron chi connectivity index (χ0n) is 6.31. The first-order valence-electron chi connectivity index (χ1n) is 3.39. The van der Waals surface area contributed by atoms with Gasteiger partial charge in [0.05, 0.1) is 0 Å². The van der Waals surface area contributed by atoms with Crippen LogP contribution in [0.3, 0.4) is 0 Å². The van der Waals surface area contributed by atoms with Crippen LogP contribution in [0.4, 0.5) is 0 Å². The van der Waals surface area contributed by atoms with Gasteiger partial charge in [-0.1, -0.05) is 6.07 Å². The molecule has 0 N–H and O–H groups in total. The lowest BCUT2D eigenvalue weighted by Crippen LogP contribution is -2.37. The fraction of sp³-hybridized carbons (Fsp3) is 0.250. The molecule has 1 aromatic rings. The van der Waals surface area contributed by atoms with E-state index in [0.717, 1.165) is 0 Å². The van der Waals surface area contributed by atoms with Gasteiger partial charge < -0.3 is 4.74 Å². The van der Waals surface area contributed by atoms with E-state index in [1.807, 2.05) is 30.6 Å². The molecule has 1 aromatic heterocycles. The fourth-order valence-corrected chi connectivity index (χ4v) is 0.805. The minimum Gasteiger partial charge on any atom is -0.405 e. The van der Waals surface area contributed by atoms with Crippen molar-refractivity contribution in [3.05, 3.63) is 30.6 Å². The average Bonchev–Trinajstić information content (AvgIpc) is 2.07. The molecule has 0 fully saturated rings. The minimum atomic E-state index is -0.228. The van der Waals surface area contributed by atoms with Gasteiger partial charge in [0.25, 0.3) is 6.47 Å². The number of hydrogen-bond acceptors (Lipinski definition) is 2. The van der Waals surface area contributed by atoms with Gasteiger partial charge in [0.15, 0.2) is 12.4 Å². The molecule has 0 radical (unpaired) electrons. The van der Waals surface area contributed by atoms with Gasteiger partial charge in [-0.2, -0.15) is 4.57 Å². The molecule has 1 atom stereocenters. The third kappa shape index (κ3) is 2.04. The Kier molecular flexibility index (Phi) is 2.60. The van der Waals surface area contributed by atoms with Crippen molar-refractivity contribution in [2.45, 2.75) is 13.2 Å². The van der Waals surface area contributed by atoms with Gasteiger partial charge in [-0.05, 0) is 0 Å². The number of aromatic nitrogens is 1. The van der Waals surface area contributed by atoms with Crippen LogP contribution in [0.2, 0.25) is 0 Å². The third-order valence-corrected chi connectivity index (χ3v) is 1.41. The van der Waals surface area contributed by atoms with Gasteiger partial charge in [0, 0.05) is 19.1 Å². The van der Waals surface area contributed by atoms with E-state index in [9.17, 15) is 4.79 Å². The van der Waals surface area contributed by atoms with Crippen LogP contribution in [0.25, 0.3) is 0 Å². The van der Waals surface area contributed by atoms with Crippen molar-refractivity contribution in [3.8, 4) is 0 Å². The highest BCUT2D eigenvalue weighted by molar-refractivity contribution is 5.36. The van der Waals surface area contributed by atoms with Gasteiger partial charge in [-0.3, -0.25) is 4.79 Å². The number of carbonyl (C=O) groups is 1. The largest absolute Gasteiger partial charge is 0.405 e. The van der Waals surface area contributed by atoms with E-state index in [-0.39, 0.29) is 6.23 Å². The summed E-state index contributed by atoms with van der Waals surface area (Å²) >= 11 is 0. The molecule has 1 heterocycles. The predicted octanol–water partition coefficient (Wildman–Crippen LogP) is 0.666. The Morgan fingerprint density at radius 2 is 2.00 bits per heavy atom. The quantitative estimate of drug-likeness (QED) is 0.470. The molecule has 0 saturated carbocycles. The summed E-state index contributed by atoms with van der Waals surface area (Å²) in [6, 6.07) is 5.67. The second kappa shape index (κ2) is 3.71. The Morgan fingerprint density at radius 3 is 2.55 bits per heavy atom. The summed E-state index contributed by atoms with van der Waals surface area (Å²) in [5.41, 5.74) is 0. The summed E-state index contributed by atoms with van der Waals surface area (Å²) in [6.07, 6.45) is 3.45. The van der Waals surface area contributed by atoms with Crippen molar-refractivity contribution in [1.82, 2.24) is 0 Å². The van der Waals surface area contributed by atoms with Gasteiger partial charge in [0.1, 0.15) is 0 Å². The number of nitrogens with zero attached hydrogens (tertiary/aromatic N) is 1. The van der Waals surface area contributed by atoms with Crippen molar-refractivity contribution in [3.63, 3.8) is 0 Å². The second-order valence-electron chi connectivity index (χ2n) is 2.15. The van der Waals surface area contributed by atoms with Crippen molar-refractivity contribution in [1.29, 1.82) is 0 Å². The van der Waals surface area contributed by atoms with Crippen molar-refractivity contribution >= 4 is 6.47 Å². The Morgan fingerprint density at radius 1 is 1.36 bits per heavy atom. The maximum Gasteiger partial charge on any atom is 0.301 e. The SMILES string of the molecule is CC(OC=O)[n+]1ccccc1. The number of hydrogen-bond donors (Lipinski definition) is 0. The van der Waals surface area contributed by atoms with Gasteiger partial charge in [0.2, 0.25) is 0 Å². The molecule has 58 valence electrons. The topological polar surface area (TPSA) is 30.2 Å². The monoisotopic (exact) mass is 152 g/mol. The fourth-order valence-electron chi connectivity index (χ4n) is 0.805. The highest BCUT2D eigenvalue weighted by Gasteiger charge is 2.09. The molecule has 1 rings (SSSR count). The molecular formula is C8H10NO2+. The maximum atomic E-state index is 9.95. The van der Waals surface area contributed by atoms with E-state index in [2.05, 4.69) is 0 Å². The first-order valence-corrected chi connectivity index (χ1v) is 3.39. The minimum absolute atomic E-state index is 0.228. The lowest BCUT2D eigenvalue weighted by Gasteiger charge is -2.02. The van der Waals surface area contributed by atoms with Crippen molar-refractivity contribution in [2.75, 3.05) is 0 Å². The second-order valence-corrected chi connectivity index (χ2v) is 2.15. The van der Waals surface area contributed by atoms with Crippen LogP contribution in [-0.4, -0.2) is 6.47 Å². The van der Waals surface area contributed by atoms with E-state index in [0.29, 0.717) is 6.47 Å². The van der Waals surface area contributed by atoms with Crippen LogP contribution < -0.4 is 4.57 Å². The van der Waals surface area contributed by atoms with Crippen LogP contribution in [0, 0.1) is 0 Å². The normalized spacial score (nSPS) is 12.1. The molecular weight excluding hydrogens is 142 g/mol. The number of ether oxygens (including phenoxy) is 1. The zero-order chi connectivity index (χ0) is 8.10. The van der Waals surface area contributed by atoms with E-state index in [4.69, 9.17) is 4.74 Å². The Bertz CT molecular complexity index is 223. The smallest absolute Gasteiger partial charge is 0.301 e. The lowest BCUT2D eigenvalue weighted by atomic mass is 10.5. The summed E-state index contributed by atoms with van der Waals surface area (Å²) in [7, 11) is 0. The molecule has 0 aliphatic heterocycles. The van der Waals surface area contributed by atoms with Gasteiger partial charge in [-0.15, -0.1) is 0 Å². The molecule has 0 amide bonds. The highest BCUT2D eigenvalue weighted by Crippen LogP contribution is 1.92. The summed E-state index contributed by atoms with van der Waals surface area (Å²) < 4.78 is 6.51. The van der Waals surface area contributed by atoms with E-state index >= 15 is 0 Å². The van der Waals surface area contributed by atoms with E-state index in [1.54, 1.807) is 11.5 Å². The molecule has 1 unspecified atom stereocenters. The highest BCUT2D eigenvalue weighted by atomic mass is 16.5. The van der Waals surface area contributed by atoms with Crippen molar-refractivity contribution < 1.29 is 14.1 Å². The molecule has 0 saturated heterocycles. The van der Waals surface area contributed by atoms with Gasteiger partial charge >= 0.3 is 6.23 Å². The van der Waals surface area contributed by atoms with Crippen LogP contribution in [0.15, 0.2) is 30.6 Å². The molecule has 3 heteroatoms. The zero-order valence-corrected chi connectivity index (χ0v) is 6.31. The van der Waals surface area contributed by atoms with Crippen LogP contribution >= 0.6 is 0 Å². The van der Waals surface area contributed by atoms with Crippen LogP contribution in [-0.2, 0) is 9.53 Å². The first kappa shape index (κ1) is 7.72. The number of rotatable bonds is 3. The molecule has 0 aliphatic rings. The molecule has 11 heavy (non-hydrogen) atoms. The van der Waals surface area contributed by atoms with Crippen LogP contribution in [0.5, 0.6) is 0 Å². The average molecular weight is 152 g/mol. The predicted molar refractivity (Wildman–Crippen MR) is 38.5 cm³/mol. The third-order valence-electron chi connectivity index (χ3n) is 1.41. The molecule has 0 spiro atoms.